The molecule has 0 atom stereocenters. The summed E-state index contributed by atoms with van der Waals surface area (Å²) in [6, 6.07) is 4.51. The van der Waals surface area contributed by atoms with E-state index in [4.69, 9.17) is 10.2 Å². The van der Waals surface area contributed by atoms with E-state index in [0.717, 1.165) is 0 Å². The maximum Gasteiger partial charge on any atom is 0.271 e. The number of nitrogens with two attached hydrogens (primary N) is 1. The zero-order chi connectivity index (χ0) is 12.4. The molecule has 0 aliphatic rings. The average molecular weight is 298 g/mol. The molecule has 0 saturated heterocycles. The van der Waals surface area contributed by atoms with Gasteiger partial charge in [-0.2, -0.15) is 0 Å². The average Bonchev–Trinajstić information content (AvgIpc) is 2.76. The molecule has 0 unspecified atom stereocenters. The lowest BCUT2D eigenvalue weighted by Gasteiger charge is -1.97. The molecule has 0 fully saturated rings. The molecule has 2 aromatic rings. The summed E-state index contributed by atoms with van der Waals surface area (Å²) in [5.74, 6) is 0.315. The predicted molar refractivity (Wildman–Crippen MR) is 64.2 cm³/mol. The van der Waals surface area contributed by atoms with Gasteiger partial charge >= 0.3 is 0 Å². The van der Waals surface area contributed by atoms with E-state index in [-0.39, 0.29) is 12.2 Å². The minimum atomic E-state index is -0.471. The van der Waals surface area contributed by atoms with Gasteiger partial charge in [0, 0.05) is 28.7 Å². The van der Waals surface area contributed by atoms with Crippen LogP contribution >= 0.6 is 15.9 Å². The maximum absolute atomic E-state index is 10.7. The molecule has 0 spiro atoms. The van der Waals surface area contributed by atoms with Crippen molar-refractivity contribution in [1.29, 1.82) is 0 Å². The van der Waals surface area contributed by atoms with E-state index in [9.17, 15) is 10.1 Å². The van der Waals surface area contributed by atoms with Crippen LogP contribution in [0, 0.1) is 10.1 Å². The number of aromatic nitrogens is 1. The van der Waals surface area contributed by atoms with Crippen LogP contribution in [0.4, 0.5) is 5.69 Å². The Hall–Kier alpha value is -1.73. The van der Waals surface area contributed by atoms with Gasteiger partial charge in [0.25, 0.3) is 5.69 Å². The molecule has 0 aliphatic heterocycles. The van der Waals surface area contributed by atoms with Crippen molar-refractivity contribution in [1.82, 2.24) is 4.98 Å². The second kappa shape index (κ2) is 4.64. The van der Waals surface area contributed by atoms with Gasteiger partial charge in [0.2, 0.25) is 5.89 Å². The molecule has 2 rings (SSSR count). The number of hydrogen-bond acceptors (Lipinski definition) is 5. The van der Waals surface area contributed by atoms with E-state index >= 15 is 0 Å². The fourth-order valence-electron chi connectivity index (χ4n) is 1.34. The molecule has 17 heavy (non-hydrogen) atoms. The molecular weight excluding hydrogens is 290 g/mol. The van der Waals surface area contributed by atoms with Crippen LogP contribution in [-0.4, -0.2) is 9.91 Å². The third-order valence-electron chi connectivity index (χ3n) is 2.10. The van der Waals surface area contributed by atoms with Crippen LogP contribution in [0.3, 0.4) is 0 Å². The van der Waals surface area contributed by atoms with Gasteiger partial charge in [-0.15, -0.1) is 0 Å². The summed E-state index contributed by atoms with van der Waals surface area (Å²) in [5, 5.41) is 10.7. The Labute approximate surface area is 105 Å². The zero-order valence-corrected chi connectivity index (χ0v) is 10.2. The first kappa shape index (κ1) is 11.7. The quantitative estimate of drug-likeness (QED) is 0.693. The highest BCUT2D eigenvalue weighted by Crippen LogP contribution is 2.28. The Morgan fingerprint density at radius 1 is 1.47 bits per heavy atom. The number of halogens is 1. The van der Waals surface area contributed by atoms with E-state index in [1.807, 2.05) is 0 Å². The third kappa shape index (κ3) is 2.51. The number of nitro groups is 1. The first-order valence-corrected chi connectivity index (χ1v) is 5.49. The first-order valence-electron chi connectivity index (χ1n) is 4.70. The lowest BCUT2D eigenvalue weighted by Crippen LogP contribution is -1.95. The van der Waals surface area contributed by atoms with Crippen LogP contribution in [0.1, 0.15) is 5.69 Å². The van der Waals surface area contributed by atoms with Crippen molar-refractivity contribution in [3.8, 4) is 11.5 Å². The highest BCUT2D eigenvalue weighted by atomic mass is 79.9. The summed E-state index contributed by atoms with van der Waals surface area (Å²) in [5.41, 5.74) is 6.52. The molecule has 0 radical (unpaired) electrons. The van der Waals surface area contributed by atoms with Crippen LogP contribution in [0.25, 0.3) is 11.5 Å². The van der Waals surface area contributed by atoms with Gasteiger partial charge in [0.05, 0.1) is 10.6 Å². The van der Waals surface area contributed by atoms with E-state index in [2.05, 4.69) is 20.9 Å². The fourth-order valence-corrected chi connectivity index (χ4v) is 1.82. The van der Waals surface area contributed by atoms with Crippen LogP contribution in [-0.2, 0) is 6.54 Å². The standard InChI is InChI=1S/C10H8BrN3O3/c11-7-1-6(2-9(3-7)14(15)16)10-13-8(4-12)5-17-10/h1-3,5H,4,12H2. The lowest BCUT2D eigenvalue weighted by molar-refractivity contribution is -0.384. The van der Waals surface area contributed by atoms with Crippen LogP contribution < -0.4 is 5.73 Å². The minimum Gasteiger partial charge on any atom is -0.444 e. The molecule has 0 aliphatic carbocycles. The van der Waals surface area contributed by atoms with Gasteiger partial charge in [-0.1, -0.05) is 15.9 Å². The minimum absolute atomic E-state index is 0.0260. The highest BCUT2D eigenvalue weighted by Gasteiger charge is 2.13. The summed E-state index contributed by atoms with van der Waals surface area (Å²) >= 11 is 3.20. The number of oxazole rings is 1. The van der Waals surface area contributed by atoms with E-state index in [1.165, 1.54) is 18.4 Å². The van der Waals surface area contributed by atoms with Crippen LogP contribution in [0.2, 0.25) is 0 Å². The molecule has 7 heteroatoms. The largest absolute Gasteiger partial charge is 0.444 e. The van der Waals surface area contributed by atoms with Gasteiger partial charge in [-0.3, -0.25) is 10.1 Å². The number of non-ortho nitro benzene ring substituents is 1. The maximum atomic E-state index is 10.7. The summed E-state index contributed by atoms with van der Waals surface area (Å²) < 4.78 is 5.79. The van der Waals surface area contributed by atoms with Crippen molar-refractivity contribution in [3.05, 3.63) is 44.7 Å². The summed E-state index contributed by atoms with van der Waals surface area (Å²) in [7, 11) is 0. The second-order valence-corrected chi connectivity index (χ2v) is 4.22. The van der Waals surface area contributed by atoms with Gasteiger partial charge in [-0.05, 0) is 6.07 Å². The van der Waals surface area contributed by atoms with Gasteiger partial charge in [-0.25, -0.2) is 4.98 Å². The van der Waals surface area contributed by atoms with Crippen LogP contribution in [0.5, 0.6) is 0 Å². The van der Waals surface area contributed by atoms with Crippen molar-refractivity contribution >= 4 is 21.6 Å². The number of rotatable bonds is 3. The summed E-state index contributed by atoms with van der Waals surface area (Å²) in [6.07, 6.45) is 1.43. The zero-order valence-electron chi connectivity index (χ0n) is 8.59. The normalized spacial score (nSPS) is 10.5. The number of benzene rings is 1. The molecule has 2 N–H and O–H groups in total. The van der Waals surface area contributed by atoms with Crippen molar-refractivity contribution in [2.75, 3.05) is 0 Å². The Morgan fingerprint density at radius 3 is 2.82 bits per heavy atom. The molecule has 88 valence electrons. The van der Waals surface area contributed by atoms with E-state index in [0.29, 0.717) is 21.6 Å². The van der Waals surface area contributed by atoms with Gasteiger partial charge < -0.3 is 10.2 Å². The van der Waals surface area contributed by atoms with Crippen molar-refractivity contribution < 1.29 is 9.34 Å². The summed E-state index contributed by atoms with van der Waals surface area (Å²) in [6.45, 7) is 0.263. The molecule has 0 bridgehead atoms. The molecule has 1 heterocycles. The molecular formula is C10H8BrN3O3. The highest BCUT2D eigenvalue weighted by molar-refractivity contribution is 9.10. The second-order valence-electron chi connectivity index (χ2n) is 3.30. The topological polar surface area (TPSA) is 95.2 Å². The molecule has 1 aromatic carbocycles. The van der Waals surface area contributed by atoms with Crippen molar-refractivity contribution in [2.45, 2.75) is 6.54 Å². The van der Waals surface area contributed by atoms with Crippen molar-refractivity contribution in [2.24, 2.45) is 5.73 Å². The SMILES string of the molecule is NCc1coc(-c2cc(Br)cc([N+](=O)[O-])c2)n1. The fraction of sp³-hybridized carbons (Fsp3) is 0.100. The number of hydrogen-bond donors (Lipinski definition) is 1. The Morgan fingerprint density at radius 2 is 2.24 bits per heavy atom. The Balaban J connectivity index is 2.47. The number of nitro benzene ring substituents is 1. The van der Waals surface area contributed by atoms with Crippen molar-refractivity contribution in [3.63, 3.8) is 0 Å². The molecule has 0 saturated carbocycles. The van der Waals surface area contributed by atoms with Crippen LogP contribution in [0.15, 0.2) is 33.4 Å². The Kier molecular flexibility index (Phi) is 3.21. The lowest BCUT2D eigenvalue weighted by atomic mass is 10.2. The first-order chi connectivity index (χ1) is 8.10. The third-order valence-corrected chi connectivity index (χ3v) is 2.56. The monoisotopic (exact) mass is 297 g/mol. The van der Waals surface area contributed by atoms with Gasteiger partial charge in [0.1, 0.15) is 6.26 Å². The van der Waals surface area contributed by atoms with Gasteiger partial charge in [0.15, 0.2) is 0 Å². The Bertz CT molecular complexity index is 568. The van der Waals surface area contributed by atoms with E-state index < -0.39 is 4.92 Å². The predicted octanol–water partition coefficient (Wildman–Crippen LogP) is 2.47. The molecule has 0 amide bonds. The molecule has 1 aromatic heterocycles. The smallest absolute Gasteiger partial charge is 0.271 e. The number of nitrogens with zero attached hydrogens (tertiary/aromatic N) is 2. The molecule has 6 nitrogen and oxygen atoms in total. The summed E-state index contributed by atoms with van der Waals surface area (Å²) in [4.78, 5) is 14.3. The van der Waals surface area contributed by atoms with E-state index in [1.54, 1.807) is 6.07 Å².